The van der Waals surface area contributed by atoms with Crippen LogP contribution in [0.15, 0.2) is 73.1 Å². The summed E-state index contributed by atoms with van der Waals surface area (Å²) in [5.74, 6) is -0.427. The molecular formula is C36H42N2O4S. The monoisotopic (exact) mass is 598 g/mol. The first-order valence-corrected chi connectivity index (χ1v) is 16.0. The lowest BCUT2D eigenvalue weighted by molar-refractivity contribution is -0.141. The molecule has 4 rings (SSSR count). The van der Waals surface area contributed by atoms with Crippen molar-refractivity contribution in [3.63, 3.8) is 0 Å². The van der Waals surface area contributed by atoms with E-state index in [0.29, 0.717) is 10.7 Å². The van der Waals surface area contributed by atoms with E-state index < -0.39 is 11.9 Å². The highest BCUT2D eigenvalue weighted by atomic mass is 32.1. The Morgan fingerprint density at radius 1 is 0.837 bits per heavy atom. The maximum Gasteiger partial charge on any atom is 0.307 e. The van der Waals surface area contributed by atoms with Gasteiger partial charge in [0.2, 0.25) is 0 Å². The number of carboxylic acids is 1. The van der Waals surface area contributed by atoms with Crippen molar-refractivity contribution in [2.45, 2.75) is 78.1 Å². The summed E-state index contributed by atoms with van der Waals surface area (Å²) in [5.41, 5.74) is 3.58. The molecule has 0 aliphatic rings. The van der Waals surface area contributed by atoms with Crippen LogP contribution in [0.1, 0.15) is 86.3 Å². The highest BCUT2D eigenvalue weighted by Crippen LogP contribution is 2.31. The molecule has 0 unspecified atom stereocenters. The van der Waals surface area contributed by atoms with Crippen LogP contribution in [0.25, 0.3) is 22.5 Å². The molecule has 0 spiro atoms. The van der Waals surface area contributed by atoms with Gasteiger partial charge in [-0.15, -0.1) is 11.3 Å². The van der Waals surface area contributed by atoms with E-state index in [9.17, 15) is 14.7 Å². The average Bonchev–Trinajstić information content (AvgIpc) is 3.51. The van der Waals surface area contributed by atoms with Crippen molar-refractivity contribution in [2.24, 2.45) is 5.92 Å². The largest absolute Gasteiger partial charge is 0.494 e. The Kier molecular flexibility index (Phi) is 11.2. The van der Waals surface area contributed by atoms with Crippen molar-refractivity contribution in [2.75, 3.05) is 6.61 Å². The fourth-order valence-corrected chi connectivity index (χ4v) is 5.81. The number of aromatic nitrogens is 2. The molecule has 0 saturated heterocycles. The van der Waals surface area contributed by atoms with Crippen LogP contribution in [0.5, 0.6) is 5.75 Å². The number of hydrogen-bond acceptors (Lipinski definition) is 6. The molecule has 0 amide bonds. The maximum atomic E-state index is 12.9. The first kappa shape index (κ1) is 32.1. The number of ether oxygens (including phenoxy) is 1. The van der Waals surface area contributed by atoms with Crippen molar-refractivity contribution in [3.8, 4) is 28.3 Å². The van der Waals surface area contributed by atoms with E-state index in [2.05, 4.69) is 37.7 Å². The van der Waals surface area contributed by atoms with E-state index in [1.165, 1.54) is 37.0 Å². The molecule has 2 aromatic heterocycles. The van der Waals surface area contributed by atoms with Gasteiger partial charge in [0.25, 0.3) is 0 Å². The first-order valence-electron chi connectivity index (χ1n) is 15.1. The minimum Gasteiger partial charge on any atom is -0.494 e. The SMILES string of the molecule is CCCCCCCOc1ccc(-c2cnc(-c3ccc(C[C@H](CC(=O)c4ccc(C(C)(C)C)s4)C(=O)O)cc3)nc2)cc1. The summed E-state index contributed by atoms with van der Waals surface area (Å²) in [4.78, 5) is 35.7. The standard InChI is InChI=1S/C36H42N2O4S/c1-5-6-7-8-9-20-42-30-16-14-26(15-17-30)29-23-37-34(38-24-29)27-12-10-25(11-13-27)21-28(35(40)41)22-31(39)32-18-19-33(43-32)36(2,3)4/h10-19,23-24,28H,5-9,20-22H2,1-4H3,(H,40,41)/t28-/m1/s1. The molecule has 226 valence electrons. The molecule has 1 atom stereocenters. The first-order chi connectivity index (χ1) is 20.6. The van der Waals surface area contributed by atoms with Gasteiger partial charge in [0.05, 0.1) is 17.4 Å². The van der Waals surface area contributed by atoms with Gasteiger partial charge in [-0.05, 0) is 53.6 Å². The van der Waals surface area contributed by atoms with Gasteiger partial charge in [-0.25, -0.2) is 9.97 Å². The molecule has 0 aliphatic heterocycles. The Morgan fingerprint density at radius 3 is 2.09 bits per heavy atom. The van der Waals surface area contributed by atoms with Gasteiger partial charge < -0.3 is 9.84 Å². The number of ketones is 1. The molecule has 7 heteroatoms. The van der Waals surface area contributed by atoms with E-state index in [4.69, 9.17) is 4.74 Å². The number of rotatable bonds is 15. The van der Waals surface area contributed by atoms with E-state index >= 15 is 0 Å². The van der Waals surface area contributed by atoms with Crippen molar-refractivity contribution in [1.82, 2.24) is 9.97 Å². The Hall–Kier alpha value is -3.84. The van der Waals surface area contributed by atoms with Crippen LogP contribution in [0.3, 0.4) is 0 Å². The number of aliphatic carboxylic acids is 1. The summed E-state index contributed by atoms with van der Waals surface area (Å²) in [6.45, 7) is 9.25. The molecular weight excluding hydrogens is 556 g/mol. The van der Waals surface area contributed by atoms with Gasteiger partial charge in [-0.2, -0.15) is 0 Å². The third kappa shape index (κ3) is 9.32. The summed E-state index contributed by atoms with van der Waals surface area (Å²) in [7, 11) is 0. The van der Waals surface area contributed by atoms with Crippen LogP contribution in [-0.4, -0.2) is 33.4 Å². The summed E-state index contributed by atoms with van der Waals surface area (Å²) in [5, 5.41) is 9.83. The summed E-state index contributed by atoms with van der Waals surface area (Å²) >= 11 is 1.45. The van der Waals surface area contributed by atoms with E-state index in [0.717, 1.165) is 45.9 Å². The van der Waals surface area contributed by atoms with E-state index in [1.54, 1.807) is 0 Å². The normalized spacial score (nSPS) is 12.2. The Labute approximate surface area is 259 Å². The lowest BCUT2D eigenvalue weighted by Crippen LogP contribution is -2.20. The van der Waals surface area contributed by atoms with Gasteiger partial charge in [0, 0.05) is 34.8 Å². The van der Waals surface area contributed by atoms with Crippen LogP contribution in [-0.2, 0) is 16.6 Å². The number of Topliss-reactive ketones (excluding diaryl/α,β-unsaturated/α-hetero) is 1. The van der Waals surface area contributed by atoms with Crippen molar-refractivity contribution < 1.29 is 19.4 Å². The van der Waals surface area contributed by atoms with Crippen molar-refractivity contribution in [3.05, 3.63) is 88.4 Å². The Balaban J connectivity index is 1.32. The lowest BCUT2D eigenvalue weighted by atomic mass is 9.93. The summed E-state index contributed by atoms with van der Waals surface area (Å²) in [6, 6.07) is 19.3. The second-order valence-electron chi connectivity index (χ2n) is 12.1. The predicted octanol–water partition coefficient (Wildman–Crippen LogP) is 9.04. The second kappa shape index (κ2) is 15.1. The molecule has 0 aliphatic carbocycles. The van der Waals surface area contributed by atoms with Gasteiger partial charge in [0.1, 0.15) is 5.75 Å². The Bertz CT molecular complexity index is 1470. The predicted molar refractivity (Wildman–Crippen MR) is 174 cm³/mol. The van der Waals surface area contributed by atoms with E-state index in [-0.39, 0.29) is 24.0 Å². The molecule has 4 aromatic rings. The minimum atomic E-state index is -0.967. The fourth-order valence-electron chi connectivity index (χ4n) is 4.80. The molecule has 0 bridgehead atoms. The highest BCUT2D eigenvalue weighted by molar-refractivity contribution is 7.14. The van der Waals surface area contributed by atoms with Crippen molar-refractivity contribution >= 4 is 23.1 Å². The number of benzene rings is 2. The van der Waals surface area contributed by atoms with Gasteiger partial charge in [0.15, 0.2) is 11.6 Å². The molecule has 1 N–H and O–H groups in total. The molecule has 43 heavy (non-hydrogen) atoms. The quantitative estimate of drug-likeness (QED) is 0.108. The molecule has 0 radical (unpaired) electrons. The number of unbranched alkanes of at least 4 members (excludes halogenated alkanes) is 4. The van der Waals surface area contributed by atoms with Crippen molar-refractivity contribution in [1.29, 1.82) is 0 Å². The fraction of sp³-hybridized carbons (Fsp3) is 0.389. The molecule has 2 aromatic carbocycles. The maximum absolute atomic E-state index is 12.9. The van der Waals surface area contributed by atoms with Crippen LogP contribution in [0.4, 0.5) is 0 Å². The number of carbonyl (C=O) groups excluding carboxylic acids is 1. The van der Waals surface area contributed by atoms with Crippen LogP contribution >= 0.6 is 11.3 Å². The third-order valence-electron chi connectivity index (χ3n) is 7.45. The van der Waals surface area contributed by atoms with E-state index in [1.807, 2.05) is 73.1 Å². The number of hydrogen-bond donors (Lipinski definition) is 1. The number of thiophene rings is 1. The molecule has 0 saturated carbocycles. The number of carboxylic acid groups (broad SMARTS) is 1. The van der Waals surface area contributed by atoms with Gasteiger partial charge in [-0.1, -0.05) is 89.8 Å². The summed E-state index contributed by atoms with van der Waals surface area (Å²) in [6.07, 6.45) is 9.93. The van der Waals surface area contributed by atoms with Gasteiger partial charge in [-0.3, -0.25) is 9.59 Å². The molecule has 6 nitrogen and oxygen atoms in total. The number of carbonyl (C=O) groups is 2. The summed E-state index contributed by atoms with van der Waals surface area (Å²) < 4.78 is 5.87. The van der Waals surface area contributed by atoms with Crippen LogP contribution in [0, 0.1) is 5.92 Å². The smallest absolute Gasteiger partial charge is 0.307 e. The lowest BCUT2D eigenvalue weighted by Gasteiger charge is -2.15. The van der Waals surface area contributed by atoms with Crippen LogP contribution in [0.2, 0.25) is 0 Å². The minimum absolute atomic E-state index is 0.0299. The Morgan fingerprint density at radius 2 is 1.49 bits per heavy atom. The zero-order valence-electron chi connectivity index (χ0n) is 25.6. The van der Waals surface area contributed by atoms with Crippen LogP contribution < -0.4 is 4.74 Å². The van der Waals surface area contributed by atoms with Gasteiger partial charge >= 0.3 is 5.97 Å². The molecule has 0 fully saturated rings. The zero-order valence-corrected chi connectivity index (χ0v) is 26.5. The zero-order chi connectivity index (χ0) is 30.8. The average molecular weight is 599 g/mol. The second-order valence-corrected chi connectivity index (χ2v) is 13.1. The highest BCUT2D eigenvalue weighted by Gasteiger charge is 2.25. The number of nitrogens with zero attached hydrogens (tertiary/aromatic N) is 2. The molecule has 2 heterocycles. The topological polar surface area (TPSA) is 89.4 Å². The third-order valence-corrected chi connectivity index (χ3v) is 9.00.